The number of anilines is 1. The van der Waals surface area contributed by atoms with Crippen molar-refractivity contribution in [3.63, 3.8) is 0 Å². The van der Waals surface area contributed by atoms with Crippen LogP contribution in [0.25, 0.3) is 0 Å². The van der Waals surface area contributed by atoms with Crippen LogP contribution >= 0.6 is 0 Å². The van der Waals surface area contributed by atoms with Gasteiger partial charge in [-0.05, 0) is 30.0 Å². The number of benzene rings is 1. The third kappa shape index (κ3) is 1.69. The Morgan fingerprint density at radius 2 is 2.04 bits per heavy atom. The number of hydrogen-bond donors (Lipinski definition) is 2. The standard InChI is InChI=1S/C23H31N2O2.BrH/c1-4-10-25-17-11-14(13(5-2)22(25)27)19-18(25)12-23(21(19)26)15-8-6-7-9-16(15)24(3)20(17)23;/h4,6-9,13-14,17-22,26-27H,1,5,10-12H2,2-3H3;1H/q+1;/p-1/t13-,14?,17-,18-,19?,20-,21?,22+,23?,25?;/m0./s1. The van der Waals surface area contributed by atoms with Crippen molar-refractivity contribution >= 4 is 5.69 Å². The summed E-state index contributed by atoms with van der Waals surface area (Å²) in [6, 6.07) is 9.71. The number of hydrogen-bond acceptors (Lipinski definition) is 3. The first-order chi connectivity index (χ1) is 13.0. The van der Waals surface area contributed by atoms with E-state index in [9.17, 15) is 10.2 Å². The summed E-state index contributed by atoms with van der Waals surface area (Å²) < 4.78 is 0.755. The highest BCUT2D eigenvalue weighted by atomic mass is 79.9. The molecule has 1 spiro atoms. The van der Waals surface area contributed by atoms with Crippen molar-refractivity contribution in [1.29, 1.82) is 0 Å². The lowest BCUT2D eigenvalue weighted by Gasteiger charge is -2.67. The summed E-state index contributed by atoms with van der Waals surface area (Å²) >= 11 is 0. The second-order valence-corrected chi connectivity index (χ2v) is 9.83. The quantitative estimate of drug-likeness (QED) is 0.474. The van der Waals surface area contributed by atoms with Crippen LogP contribution in [0.2, 0.25) is 0 Å². The highest BCUT2D eigenvalue weighted by molar-refractivity contribution is 5.66. The number of quaternary nitrogens is 1. The lowest BCUT2D eigenvalue weighted by Crippen LogP contribution is -3.00. The molecule has 5 unspecified atom stereocenters. The van der Waals surface area contributed by atoms with Crippen LogP contribution in [-0.4, -0.2) is 58.7 Å². The topological polar surface area (TPSA) is 43.7 Å². The molecule has 5 aliphatic heterocycles. The van der Waals surface area contributed by atoms with Gasteiger partial charge in [0, 0.05) is 37.4 Å². The van der Waals surface area contributed by atoms with E-state index in [1.807, 2.05) is 6.08 Å². The Hall–Kier alpha value is -0.880. The summed E-state index contributed by atoms with van der Waals surface area (Å²) in [5.74, 6) is 1.05. The molecule has 5 heteroatoms. The fourth-order valence-corrected chi connectivity index (χ4v) is 8.98. The van der Waals surface area contributed by atoms with E-state index in [0.29, 0.717) is 29.8 Å². The molecule has 4 nitrogen and oxygen atoms in total. The minimum atomic E-state index is -0.321. The van der Waals surface area contributed by atoms with Gasteiger partial charge in [-0.1, -0.05) is 31.7 Å². The van der Waals surface area contributed by atoms with Gasteiger partial charge >= 0.3 is 0 Å². The molecule has 10 atom stereocenters. The fraction of sp³-hybridized carbons (Fsp3) is 0.652. The number of piperidine rings is 4. The fourth-order valence-electron chi connectivity index (χ4n) is 8.98. The van der Waals surface area contributed by atoms with Gasteiger partial charge in [0.2, 0.25) is 0 Å². The van der Waals surface area contributed by atoms with Gasteiger partial charge in [-0.25, -0.2) is 0 Å². The number of para-hydroxylation sites is 1. The molecule has 1 aromatic rings. The van der Waals surface area contributed by atoms with Crippen molar-refractivity contribution in [2.75, 3.05) is 18.5 Å². The molecule has 2 N–H and O–H groups in total. The molecule has 0 aromatic heterocycles. The monoisotopic (exact) mass is 446 g/mol. The molecule has 6 aliphatic rings. The molecule has 152 valence electrons. The van der Waals surface area contributed by atoms with Crippen molar-refractivity contribution in [2.45, 2.75) is 62.1 Å². The number of nitrogens with zero attached hydrogens (tertiary/aromatic N) is 2. The summed E-state index contributed by atoms with van der Waals surface area (Å²) in [5, 5.41) is 23.5. The van der Waals surface area contributed by atoms with Crippen molar-refractivity contribution in [1.82, 2.24) is 0 Å². The van der Waals surface area contributed by atoms with Gasteiger partial charge in [0.15, 0.2) is 6.23 Å². The number of fused-ring (bicyclic) bond motifs is 2. The highest BCUT2D eigenvalue weighted by Crippen LogP contribution is 2.71. The molecule has 0 amide bonds. The lowest BCUT2D eigenvalue weighted by molar-refractivity contribution is -1.03. The number of rotatable bonds is 3. The maximum absolute atomic E-state index is 11.9. The second-order valence-electron chi connectivity index (χ2n) is 9.83. The van der Waals surface area contributed by atoms with E-state index in [1.54, 1.807) is 0 Å². The third-order valence-electron chi connectivity index (χ3n) is 9.56. The molecule has 1 saturated carbocycles. The molecule has 28 heavy (non-hydrogen) atoms. The predicted molar refractivity (Wildman–Crippen MR) is 105 cm³/mol. The Kier molecular flexibility index (Phi) is 3.99. The number of likely N-dealkylation sites (N-methyl/N-ethyl adjacent to an activating group) is 1. The van der Waals surface area contributed by atoms with Crippen LogP contribution in [0.3, 0.4) is 0 Å². The molecule has 5 fully saturated rings. The van der Waals surface area contributed by atoms with Crippen LogP contribution in [0, 0.1) is 17.8 Å². The van der Waals surface area contributed by atoms with Crippen LogP contribution in [0.5, 0.6) is 0 Å². The van der Waals surface area contributed by atoms with Crippen LogP contribution in [0.4, 0.5) is 5.69 Å². The molecule has 0 radical (unpaired) electrons. The van der Waals surface area contributed by atoms with Crippen LogP contribution in [0.15, 0.2) is 36.9 Å². The SMILES string of the molecule is C=CC[N+]12[C@H](O)[C@@H](CC)C3C[C@H]1[C@@H]1N(C)c4ccccc4C14C[C@H]2C3C4O.[Br-]. The van der Waals surface area contributed by atoms with Crippen molar-refractivity contribution < 1.29 is 31.7 Å². The van der Waals surface area contributed by atoms with E-state index in [0.717, 1.165) is 30.3 Å². The summed E-state index contributed by atoms with van der Waals surface area (Å²) in [4.78, 5) is 2.44. The van der Waals surface area contributed by atoms with Crippen LogP contribution < -0.4 is 21.9 Å². The van der Waals surface area contributed by atoms with Gasteiger partial charge in [-0.3, -0.25) is 4.48 Å². The molecule has 4 saturated heterocycles. The van der Waals surface area contributed by atoms with Crippen molar-refractivity contribution in [3.05, 3.63) is 42.5 Å². The van der Waals surface area contributed by atoms with Crippen LogP contribution in [0.1, 0.15) is 31.7 Å². The molecule has 7 rings (SSSR count). The van der Waals surface area contributed by atoms with E-state index < -0.39 is 0 Å². The molecule has 1 aromatic carbocycles. The molecule has 5 bridgehead atoms. The van der Waals surface area contributed by atoms with Gasteiger partial charge in [0.05, 0.1) is 30.1 Å². The Labute approximate surface area is 178 Å². The van der Waals surface area contributed by atoms with Gasteiger partial charge in [-0.2, -0.15) is 0 Å². The summed E-state index contributed by atoms with van der Waals surface area (Å²) in [5.41, 5.74) is 2.47. The third-order valence-corrected chi connectivity index (χ3v) is 9.56. The zero-order chi connectivity index (χ0) is 18.7. The van der Waals surface area contributed by atoms with Crippen molar-refractivity contribution in [2.24, 2.45) is 17.8 Å². The summed E-state index contributed by atoms with van der Waals surface area (Å²) in [6.45, 7) is 7.10. The van der Waals surface area contributed by atoms with Crippen LogP contribution in [-0.2, 0) is 5.41 Å². The molecule has 1 aliphatic carbocycles. The summed E-state index contributed by atoms with van der Waals surface area (Å²) in [7, 11) is 2.21. The van der Waals surface area contributed by atoms with E-state index in [1.165, 1.54) is 11.3 Å². The second kappa shape index (κ2) is 5.84. The zero-order valence-electron chi connectivity index (χ0n) is 16.7. The number of halogens is 1. The smallest absolute Gasteiger partial charge is 0.194 e. The normalized spacial score (nSPS) is 51.6. The highest BCUT2D eigenvalue weighted by Gasteiger charge is 2.82. The minimum absolute atomic E-state index is 0. The molecular formula is C23H31BrN2O2. The van der Waals surface area contributed by atoms with E-state index in [4.69, 9.17) is 0 Å². The summed E-state index contributed by atoms with van der Waals surface area (Å²) in [6.07, 6.45) is 4.52. The zero-order valence-corrected chi connectivity index (χ0v) is 18.3. The van der Waals surface area contributed by atoms with E-state index in [-0.39, 0.29) is 40.8 Å². The molecular weight excluding hydrogens is 416 g/mol. The Morgan fingerprint density at radius 1 is 1.29 bits per heavy atom. The van der Waals surface area contributed by atoms with Gasteiger partial charge in [0.25, 0.3) is 0 Å². The number of aliphatic hydroxyl groups excluding tert-OH is 2. The predicted octanol–water partition coefficient (Wildman–Crippen LogP) is -0.741. The Balaban J connectivity index is 0.00000171. The van der Waals surface area contributed by atoms with Gasteiger partial charge in [-0.15, -0.1) is 0 Å². The first-order valence-corrected chi connectivity index (χ1v) is 10.7. The average Bonchev–Trinajstić information content (AvgIpc) is 3.06. The van der Waals surface area contributed by atoms with E-state index >= 15 is 0 Å². The molecule has 5 heterocycles. The minimum Gasteiger partial charge on any atom is -1.00 e. The maximum Gasteiger partial charge on any atom is 0.194 e. The Morgan fingerprint density at radius 3 is 2.75 bits per heavy atom. The maximum atomic E-state index is 11.9. The Bertz CT molecular complexity index is 833. The lowest BCUT2D eigenvalue weighted by atomic mass is 9.60. The van der Waals surface area contributed by atoms with Gasteiger partial charge in [0.1, 0.15) is 6.04 Å². The largest absolute Gasteiger partial charge is 1.00 e. The van der Waals surface area contributed by atoms with E-state index in [2.05, 4.69) is 49.7 Å². The first-order valence-electron chi connectivity index (χ1n) is 10.7. The first kappa shape index (κ1) is 19.1. The average molecular weight is 447 g/mol. The number of aliphatic hydroxyl groups is 2. The van der Waals surface area contributed by atoms with Crippen molar-refractivity contribution in [3.8, 4) is 0 Å². The van der Waals surface area contributed by atoms with Gasteiger partial charge < -0.3 is 32.1 Å².